The molecular weight excluding hydrogens is 627 g/mol. The highest BCUT2D eigenvalue weighted by Gasteiger charge is 2.21. The molecule has 0 spiro atoms. The lowest BCUT2D eigenvalue weighted by Gasteiger charge is -2.11. The van der Waals surface area contributed by atoms with E-state index in [9.17, 15) is 0 Å². The third-order valence-electron chi connectivity index (χ3n) is 9.24. The molecule has 0 bridgehead atoms. The van der Waals surface area contributed by atoms with E-state index in [1.165, 1.54) is 0 Å². The summed E-state index contributed by atoms with van der Waals surface area (Å²) in [5.41, 5.74) is 8.58. The summed E-state index contributed by atoms with van der Waals surface area (Å²) in [7, 11) is 0. The Labute approximate surface area is 292 Å². The van der Waals surface area contributed by atoms with Gasteiger partial charge < -0.3 is 0 Å². The number of nitrogens with zero attached hydrogens (tertiary/aromatic N) is 7. The van der Waals surface area contributed by atoms with Gasteiger partial charge in [0.1, 0.15) is 16.9 Å². The fourth-order valence-corrected chi connectivity index (χ4v) is 6.84. The number of pyridine rings is 1. The highest BCUT2D eigenvalue weighted by Crippen LogP contribution is 2.36. The lowest BCUT2D eigenvalue weighted by Crippen LogP contribution is -2.00. The first-order valence-corrected chi connectivity index (χ1v) is 16.8. The van der Waals surface area contributed by atoms with Crippen molar-refractivity contribution in [3.05, 3.63) is 164 Å². The predicted octanol–water partition coefficient (Wildman–Crippen LogP) is 10.1. The van der Waals surface area contributed by atoms with Gasteiger partial charge in [0.25, 0.3) is 0 Å². The first-order chi connectivity index (χ1) is 25.3. The topological polar surface area (TPSA) is 81.8 Å². The molecule has 0 radical (unpaired) electrons. The zero-order valence-corrected chi connectivity index (χ0v) is 27.2. The highest BCUT2D eigenvalue weighted by molar-refractivity contribution is 6.14. The van der Waals surface area contributed by atoms with Gasteiger partial charge in [-0.3, -0.25) is 4.40 Å². The number of rotatable bonds is 5. The van der Waals surface area contributed by atoms with E-state index in [1.807, 2.05) is 103 Å². The molecule has 0 unspecified atom stereocenters. The Morgan fingerprint density at radius 2 is 0.784 bits per heavy atom. The smallest absolute Gasteiger partial charge is 0.169 e. The predicted molar refractivity (Wildman–Crippen MR) is 204 cm³/mol. The second kappa shape index (κ2) is 11.8. The standard InChI is InChI=1S/C44H27N7/c1-4-15-28(16-5-1)39-45-37(38-44(50-39)51-36-26-13-12-24-34(36)33-23-10-11-25-35(33)43(51)46-38)31-21-14-22-32(27-31)42-48-40(29-17-6-2-7-18-29)47-41(49-42)30-19-8-3-9-20-30/h1-27H. The molecule has 4 heterocycles. The Hall–Kier alpha value is -7.12. The third kappa shape index (κ3) is 4.90. The van der Waals surface area contributed by atoms with Crippen molar-refractivity contribution < 1.29 is 0 Å². The van der Waals surface area contributed by atoms with Crippen LogP contribution in [-0.4, -0.2) is 34.3 Å². The molecule has 51 heavy (non-hydrogen) atoms. The van der Waals surface area contributed by atoms with Gasteiger partial charge in [-0.1, -0.05) is 152 Å². The summed E-state index contributed by atoms with van der Waals surface area (Å²) in [6.45, 7) is 0. The molecule has 6 aromatic carbocycles. The molecular formula is C44H27N7. The zero-order chi connectivity index (χ0) is 33.7. The monoisotopic (exact) mass is 653 g/mol. The van der Waals surface area contributed by atoms with Crippen molar-refractivity contribution >= 4 is 38.5 Å². The molecule has 0 aliphatic carbocycles. The van der Waals surface area contributed by atoms with Crippen molar-refractivity contribution in [2.75, 3.05) is 0 Å². The summed E-state index contributed by atoms with van der Waals surface area (Å²) in [5, 5.41) is 3.35. The van der Waals surface area contributed by atoms with E-state index in [4.69, 9.17) is 29.9 Å². The average molecular weight is 654 g/mol. The number of para-hydroxylation sites is 1. The van der Waals surface area contributed by atoms with Crippen molar-refractivity contribution in [1.82, 2.24) is 34.3 Å². The molecule has 238 valence electrons. The van der Waals surface area contributed by atoms with Gasteiger partial charge in [0.15, 0.2) is 28.9 Å². The second-order valence-electron chi connectivity index (χ2n) is 12.4. The molecule has 0 amide bonds. The fourth-order valence-electron chi connectivity index (χ4n) is 6.84. The van der Waals surface area contributed by atoms with Crippen LogP contribution in [0.4, 0.5) is 0 Å². The van der Waals surface area contributed by atoms with Crippen LogP contribution in [0.3, 0.4) is 0 Å². The van der Waals surface area contributed by atoms with E-state index in [2.05, 4.69) is 65.1 Å². The lowest BCUT2D eigenvalue weighted by molar-refractivity contribution is 1.07. The summed E-state index contributed by atoms with van der Waals surface area (Å²) in [4.78, 5) is 30.6. The van der Waals surface area contributed by atoms with Crippen LogP contribution in [0.5, 0.6) is 0 Å². The largest absolute Gasteiger partial charge is 0.276 e. The summed E-state index contributed by atoms with van der Waals surface area (Å²) in [6, 6.07) is 55.2. The van der Waals surface area contributed by atoms with E-state index in [0.29, 0.717) is 23.3 Å². The summed E-state index contributed by atoms with van der Waals surface area (Å²) >= 11 is 0. The summed E-state index contributed by atoms with van der Waals surface area (Å²) in [5.74, 6) is 2.42. The van der Waals surface area contributed by atoms with Crippen LogP contribution >= 0.6 is 0 Å². The molecule has 0 saturated carbocycles. The number of aromatic nitrogens is 7. The maximum Gasteiger partial charge on any atom is 0.169 e. The van der Waals surface area contributed by atoms with E-state index in [-0.39, 0.29) is 0 Å². The molecule has 10 aromatic rings. The minimum Gasteiger partial charge on any atom is -0.276 e. The molecule has 0 N–H and O–H groups in total. The normalized spacial score (nSPS) is 11.5. The van der Waals surface area contributed by atoms with E-state index < -0.39 is 0 Å². The number of benzene rings is 6. The van der Waals surface area contributed by atoms with Crippen molar-refractivity contribution in [2.45, 2.75) is 0 Å². The van der Waals surface area contributed by atoms with Crippen LogP contribution in [-0.2, 0) is 0 Å². The van der Waals surface area contributed by atoms with Crippen LogP contribution < -0.4 is 0 Å². The minimum absolute atomic E-state index is 0.574. The number of imidazole rings is 1. The third-order valence-corrected chi connectivity index (χ3v) is 9.24. The van der Waals surface area contributed by atoms with Crippen molar-refractivity contribution in [3.8, 4) is 56.8 Å². The first-order valence-electron chi connectivity index (χ1n) is 16.8. The van der Waals surface area contributed by atoms with Gasteiger partial charge in [0.2, 0.25) is 0 Å². The van der Waals surface area contributed by atoms with Gasteiger partial charge in [0.05, 0.1) is 5.52 Å². The Bertz CT molecular complexity index is 2850. The zero-order valence-electron chi connectivity index (χ0n) is 27.2. The molecule has 4 aromatic heterocycles. The first kappa shape index (κ1) is 28.9. The van der Waals surface area contributed by atoms with Crippen LogP contribution in [0.25, 0.3) is 95.3 Å². The van der Waals surface area contributed by atoms with Gasteiger partial charge in [0, 0.05) is 38.6 Å². The van der Waals surface area contributed by atoms with Gasteiger partial charge in [-0.05, 0) is 17.5 Å². The molecule has 0 aliphatic rings. The second-order valence-corrected chi connectivity index (χ2v) is 12.4. The number of hydrogen-bond acceptors (Lipinski definition) is 6. The molecule has 0 fully saturated rings. The Kier molecular flexibility index (Phi) is 6.67. The van der Waals surface area contributed by atoms with Crippen molar-refractivity contribution in [2.24, 2.45) is 0 Å². The SMILES string of the molecule is c1ccc(-c2nc(-c3ccccc3)nc(-c3cccc(-c4nc(-c5ccccc5)nc5c4nc4c6ccccc6c6ccccc6n54)c3)n2)cc1. The van der Waals surface area contributed by atoms with Crippen molar-refractivity contribution in [1.29, 1.82) is 0 Å². The number of fused-ring (bicyclic) bond motifs is 8. The molecule has 10 rings (SSSR count). The molecule has 7 nitrogen and oxygen atoms in total. The van der Waals surface area contributed by atoms with Gasteiger partial charge in [-0.15, -0.1) is 0 Å². The van der Waals surface area contributed by atoms with Crippen LogP contribution in [0.15, 0.2) is 164 Å². The molecule has 0 atom stereocenters. The van der Waals surface area contributed by atoms with Crippen molar-refractivity contribution in [3.63, 3.8) is 0 Å². The van der Waals surface area contributed by atoms with Crippen LogP contribution in [0.2, 0.25) is 0 Å². The van der Waals surface area contributed by atoms with Crippen LogP contribution in [0.1, 0.15) is 0 Å². The number of hydrogen-bond donors (Lipinski definition) is 0. The molecule has 0 aliphatic heterocycles. The molecule has 0 saturated heterocycles. The highest BCUT2D eigenvalue weighted by atomic mass is 15.1. The Morgan fingerprint density at radius 1 is 0.314 bits per heavy atom. The summed E-state index contributed by atoms with van der Waals surface area (Å²) < 4.78 is 2.18. The maximum absolute atomic E-state index is 5.31. The van der Waals surface area contributed by atoms with Gasteiger partial charge >= 0.3 is 0 Å². The van der Waals surface area contributed by atoms with Crippen LogP contribution in [0, 0.1) is 0 Å². The molecule has 7 heteroatoms. The van der Waals surface area contributed by atoms with Gasteiger partial charge in [-0.2, -0.15) is 0 Å². The van der Waals surface area contributed by atoms with E-state index in [1.54, 1.807) is 0 Å². The maximum atomic E-state index is 5.31. The van der Waals surface area contributed by atoms with Gasteiger partial charge in [-0.25, -0.2) is 29.9 Å². The van der Waals surface area contributed by atoms with E-state index in [0.717, 1.165) is 72.0 Å². The fraction of sp³-hybridized carbons (Fsp3) is 0. The summed E-state index contributed by atoms with van der Waals surface area (Å²) in [6.07, 6.45) is 0. The van der Waals surface area contributed by atoms with E-state index >= 15 is 0 Å². The average Bonchev–Trinajstić information content (AvgIpc) is 3.62. The lowest BCUT2D eigenvalue weighted by atomic mass is 10.1. The Balaban J connectivity index is 1.24. The minimum atomic E-state index is 0.574. The Morgan fingerprint density at radius 3 is 1.41 bits per heavy atom. The quantitative estimate of drug-likeness (QED) is 0.172.